The molecule has 1 aromatic carbocycles. The van der Waals surface area contributed by atoms with Gasteiger partial charge in [-0.3, -0.25) is 4.79 Å². The van der Waals surface area contributed by atoms with E-state index in [-0.39, 0.29) is 17.4 Å². The molecule has 5 heteroatoms. The number of aromatic nitrogens is 3. The predicted molar refractivity (Wildman–Crippen MR) is 84.1 cm³/mol. The van der Waals surface area contributed by atoms with Gasteiger partial charge in [0.1, 0.15) is 11.9 Å². The Morgan fingerprint density at radius 1 is 1.18 bits per heavy atom. The van der Waals surface area contributed by atoms with Crippen LogP contribution in [0.25, 0.3) is 0 Å². The molecule has 3 rings (SSSR count). The van der Waals surface area contributed by atoms with Crippen LogP contribution in [0.5, 0.6) is 0 Å². The molecule has 0 spiro atoms. The third kappa shape index (κ3) is 2.51. The number of hydrogen-bond acceptors (Lipinski definition) is 3. The van der Waals surface area contributed by atoms with E-state index in [4.69, 9.17) is 0 Å². The van der Waals surface area contributed by atoms with Crippen molar-refractivity contribution in [1.82, 2.24) is 19.7 Å². The molecule has 0 saturated carbocycles. The van der Waals surface area contributed by atoms with Crippen molar-refractivity contribution in [3.8, 4) is 0 Å². The second-order valence-electron chi connectivity index (χ2n) is 6.92. The minimum Gasteiger partial charge on any atom is -0.329 e. The summed E-state index contributed by atoms with van der Waals surface area (Å²) in [5.41, 5.74) is 1.01. The Labute approximate surface area is 131 Å². The van der Waals surface area contributed by atoms with E-state index >= 15 is 0 Å². The summed E-state index contributed by atoms with van der Waals surface area (Å²) in [5, 5.41) is 8.65. The van der Waals surface area contributed by atoms with Gasteiger partial charge in [0.15, 0.2) is 5.82 Å². The Hall–Kier alpha value is -2.17. The Balaban J connectivity index is 1.91. The number of hydrogen-bond donors (Lipinski definition) is 0. The second kappa shape index (κ2) is 5.23. The fraction of sp³-hybridized carbons (Fsp3) is 0.471. The minimum atomic E-state index is -0.253. The zero-order valence-corrected chi connectivity index (χ0v) is 13.6. The first kappa shape index (κ1) is 14.8. The van der Waals surface area contributed by atoms with Crippen LogP contribution in [0.3, 0.4) is 0 Å². The van der Waals surface area contributed by atoms with E-state index in [0.29, 0.717) is 13.1 Å². The van der Waals surface area contributed by atoms with E-state index in [9.17, 15) is 4.79 Å². The first-order valence-corrected chi connectivity index (χ1v) is 7.65. The first-order chi connectivity index (χ1) is 10.4. The molecular formula is C17H22N4O. The van der Waals surface area contributed by atoms with Gasteiger partial charge in [0.05, 0.1) is 6.54 Å². The molecule has 0 bridgehead atoms. The largest absolute Gasteiger partial charge is 0.329 e. The summed E-state index contributed by atoms with van der Waals surface area (Å²) in [6, 6.07) is 9.80. The van der Waals surface area contributed by atoms with E-state index in [1.165, 1.54) is 0 Å². The van der Waals surface area contributed by atoms with Crippen molar-refractivity contribution in [3.63, 3.8) is 0 Å². The maximum Gasteiger partial charge on any atom is 0.246 e. The van der Waals surface area contributed by atoms with Crippen LogP contribution >= 0.6 is 0 Å². The van der Waals surface area contributed by atoms with Crippen molar-refractivity contribution in [1.29, 1.82) is 0 Å². The Bertz CT molecular complexity index is 684. The molecule has 1 aromatic heterocycles. The van der Waals surface area contributed by atoms with Crippen LogP contribution in [0.15, 0.2) is 30.3 Å². The molecule has 0 unspecified atom stereocenters. The SMILES string of the molecule is C[C@H]1C(=O)N(Cc2ccccc2)Cc2nnc(C(C)(C)C)n21. The highest BCUT2D eigenvalue weighted by molar-refractivity contribution is 5.81. The lowest BCUT2D eigenvalue weighted by Gasteiger charge is -2.33. The number of amides is 1. The fourth-order valence-corrected chi connectivity index (χ4v) is 2.91. The Kier molecular flexibility index (Phi) is 3.51. The number of nitrogens with zero attached hydrogens (tertiary/aromatic N) is 4. The summed E-state index contributed by atoms with van der Waals surface area (Å²) >= 11 is 0. The minimum absolute atomic E-state index is 0.124. The molecule has 0 saturated heterocycles. The summed E-state index contributed by atoms with van der Waals surface area (Å²) in [6.45, 7) is 9.35. The van der Waals surface area contributed by atoms with Gasteiger partial charge in [0.25, 0.3) is 0 Å². The molecule has 5 nitrogen and oxygen atoms in total. The van der Waals surface area contributed by atoms with Gasteiger partial charge >= 0.3 is 0 Å². The lowest BCUT2D eigenvalue weighted by molar-refractivity contribution is -0.137. The monoisotopic (exact) mass is 298 g/mol. The topological polar surface area (TPSA) is 51.0 Å². The van der Waals surface area contributed by atoms with Gasteiger partial charge in [-0.05, 0) is 12.5 Å². The molecule has 0 fully saturated rings. The summed E-state index contributed by atoms with van der Waals surface area (Å²) in [5.74, 6) is 1.87. The van der Waals surface area contributed by atoms with Crippen LogP contribution in [0.1, 0.15) is 50.9 Å². The zero-order chi connectivity index (χ0) is 15.9. The third-order valence-corrected chi connectivity index (χ3v) is 4.04. The van der Waals surface area contributed by atoms with Gasteiger partial charge in [-0.1, -0.05) is 51.1 Å². The summed E-state index contributed by atoms with van der Waals surface area (Å²) in [7, 11) is 0. The smallest absolute Gasteiger partial charge is 0.246 e. The van der Waals surface area contributed by atoms with Crippen molar-refractivity contribution < 1.29 is 4.79 Å². The van der Waals surface area contributed by atoms with Crippen molar-refractivity contribution in [2.24, 2.45) is 0 Å². The molecule has 2 heterocycles. The molecule has 1 aliphatic heterocycles. The van der Waals surface area contributed by atoms with E-state index in [1.54, 1.807) is 0 Å². The highest BCUT2D eigenvalue weighted by Crippen LogP contribution is 2.29. The third-order valence-electron chi connectivity index (χ3n) is 4.04. The normalized spacial score (nSPS) is 18.5. The van der Waals surface area contributed by atoms with Gasteiger partial charge < -0.3 is 9.47 Å². The van der Waals surface area contributed by atoms with Crippen molar-refractivity contribution in [2.45, 2.75) is 52.2 Å². The number of carbonyl (C=O) groups is 1. The number of rotatable bonds is 2. The van der Waals surface area contributed by atoms with Crippen molar-refractivity contribution >= 4 is 5.91 Å². The molecule has 1 amide bonds. The average molecular weight is 298 g/mol. The number of fused-ring (bicyclic) bond motifs is 1. The molecule has 0 radical (unpaired) electrons. The zero-order valence-electron chi connectivity index (χ0n) is 13.6. The van der Waals surface area contributed by atoms with Crippen molar-refractivity contribution in [2.75, 3.05) is 0 Å². The van der Waals surface area contributed by atoms with Crippen LogP contribution in [0.2, 0.25) is 0 Å². The van der Waals surface area contributed by atoms with E-state index < -0.39 is 0 Å². The van der Waals surface area contributed by atoms with Crippen LogP contribution < -0.4 is 0 Å². The molecule has 0 aliphatic carbocycles. The lowest BCUT2D eigenvalue weighted by atomic mass is 9.95. The van der Waals surface area contributed by atoms with Crippen LogP contribution in [-0.4, -0.2) is 25.6 Å². The molecule has 1 atom stereocenters. The second-order valence-corrected chi connectivity index (χ2v) is 6.92. The molecular weight excluding hydrogens is 276 g/mol. The van der Waals surface area contributed by atoms with Gasteiger partial charge in [-0.25, -0.2) is 0 Å². The van der Waals surface area contributed by atoms with Crippen LogP contribution in [0, 0.1) is 0 Å². The first-order valence-electron chi connectivity index (χ1n) is 7.65. The Morgan fingerprint density at radius 2 is 1.86 bits per heavy atom. The number of carbonyl (C=O) groups excluding carboxylic acids is 1. The lowest BCUT2D eigenvalue weighted by Crippen LogP contribution is -2.42. The van der Waals surface area contributed by atoms with Gasteiger partial charge in [0, 0.05) is 12.0 Å². The maximum atomic E-state index is 12.7. The van der Waals surface area contributed by atoms with Crippen LogP contribution in [0.4, 0.5) is 0 Å². The highest BCUT2D eigenvalue weighted by atomic mass is 16.2. The molecule has 0 N–H and O–H groups in total. The van der Waals surface area contributed by atoms with Gasteiger partial charge in [0.2, 0.25) is 5.91 Å². The average Bonchev–Trinajstić information content (AvgIpc) is 2.89. The van der Waals surface area contributed by atoms with Crippen LogP contribution in [-0.2, 0) is 23.3 Å². The summed E-state index contributed by atoms with van der Waals surface area (Å²) < 4.78 is 2.00. The molecule has 1 aliphatic rings. The molecule has 2 aromatic rings. The summed E-state index contributed by atoms with van der Waals surface area (Å²) in [4.78, 5) is 14.6. The molecule has 116 valence electrons. The Morgan fingerprint density at radius 3 is 2.50 bits per heavy atom. The highest BCUT2D eigenvalue weighted by Gasteiger charge is 2.35. The standard InChI is InChI=1S/C17H22N4O/c1-12-15(22)20(10-13-8-6-5-7-9-13)11-14-18-19-16(21(12)14)17(2,3)4/h5-9,12H,10-11H2,1-4H3/t12-/m0/s1. The summed E-state index contributed by atoms with van der Waals surface area (Å²) in [6.07, 6.45) is 0. The van der Waals surface area contributed by atoms with E-state index in [2.05, 4.69) is 31.0 Å². The number of benzene rings is 1. The van der Waals surface area contributed by atoms with E-state index in [0.717, 1.165) is 17.2 Å². The fourth-order valence-electron chi connectivity index (χ4n) is 2.91. The molecule has 22 heavy (non-hydrogen) atoms. The van der Waals surface area contributed by atoms with E-state index in [1.807, 2.05) is 46.7 Å². The van der Waals surface area contributed by atoms with Crippen molar-refractivity contribution in [3.05, 3.63) is 47.5 Å². The van der Waals surface area contributed by atoms with Gasteiger partial charge in [-0.2, -0.15) is 0 Å². The predicted octanol–water partition coefficient (Wildman–Crippen LogP) is 2.68. The maximum absolute atomic E-state index is 12.7. The quantitative estimate of drug-likeness (QED) is 0.856. The van der Waals surface area contributed by atoms with Gasteiger partial charge in [-0.15, -0.1) is 10.2 Å².